The highest BCUT2D eigenvalue weighted by Gasteiger charge is 2.11. The van der Waals surface area contributed by atoms with Crippen LogP contribution in [0.2, 0.25) is 0 Å². The normalized spacial score (nSPS) is 11.7. The van der Waals surface area contributed by atoms with Crippen LogP contribution in [-0.2, 0) is 12.8 Å². The molecule has 0 aliphatic rings. The fourth-order valence-electron chi connectivity index (χ4n) is 1.67. The van der Waals surface area contributed by atoms with Gasteiger partial charge in [-0.25, -0.2) is 0 Å². The number of hydrogen-bond acceptors (Lipinski definition) is 1. The molecule has 0 unspecified atom stereocenters. The lowest BCUT2D eigenvalue weighted by Gasteiger charge is -2.16. The summed E-state index contributed by atoms with van der Waals surface area (Å²) in [7, 11) is 0. The molecule has 0 aliphatic heterocycles. The lowest BCUT2D eigenvalue weighted by Crippen LogP contribution is -2.18. The third-order valence-electron chi connectivity index (χ3n) is 2.69. The van der Waals surface area contributed by atoms with E-state index in [1.807, 2.05) is 13.8 Å². The fraction of sp³-hybridized carbons (Fsp3) is 0.571. The van der Waals surface area contributed by atoms with Crippen LogP contribution in [0.15, 0.2) is 24.3 Å². The standard InChI is InChI=1S/C14H22O/c1-4-12-7-9-13(10-8-12)6-5-11-14(2,3)15/h7-10,15H,4-6,11H2,1-3H3. The SMILES string of the molecule is CCc1ccc(CCCC(C)(C)O)cc1. The van der Waals surface area contributed by atoms with Crippen molar-refractivity contribution in [3.8, 4) is 0 Å². The van der Waals surface area contributed by atoms with Gasteiger partial charge < -0.3 is 5.11 Å². The Hall–Kier alpha value is -0.820. The van der Waals surface area contributed by atoms with Gasteiger partial charge in [-0.2, -0.15) is 0 Å². The van der Waals surface area contributed by atoms with Crippen molar-refractivity contribution < 1.29 is 5.11 Å². The first-order valence-corrected chi connectivity index (χ1v) is 5.81. The fourth-order valence-corrected chi connectivity index (χ4v) is 1.67. The average Bonchev–Trinajstić information content (AvgIpc) is 2.17. The van der Waals surface area contributed by atoms with E-state index in [2.05, 4.69) is 31.2 Å². The monoisotopic (exact) mass is 206 g/mol. The first-order chi connectivity index (χ1) is 7.01. The summed E-state index contributed by atoms with van der Waals surface area (Å²) in [4.78, 5) is 0. The summed E-state index contributed by atoms with van der Waals surface area (Å²) < 4.78 is 0. The molecular weight excluding hydrogens is 184 g/mol. The van der Waals surface area contributed by atoms with E-state index >= 15 is 0 Å². The molecule has 0 spiro atoms. The molecule has 1 aromatic rings. The van der Waals surface area contributed by atoms with Crippen LogP contribution in [0.25, 0.3) is 0 Å². The maximum Gasteiger partial charge on any atom is 0.0591 e. The Morgan fingerprint density at radius 1 is 1.07 bits per heavy atom. The Balaban J connectivity index is 2.38. The number of aliphatic hydroxyl groups is 1. The smallest absolute Gasteiger partial charge is 0.0591 e. The Bertz CT molecular complexity index is 279. The highest BCUT2D eigenvalue weighted by atomic mass is 16.3. The van der Waals surface area contributed by atoms with Crippen molar-refractivity contribution in [2.75, 3.05) is 0 Å². The molecule has 0 aromatic heterocycles. The minimum absolute atomic E-state index is 0.524. The van der Waals surface area contributed by atoms with Crippen molar-refractivity contribution in [2.45, 2.75) is 52.1 Å². The number of rotatable bonds is 5. The Kier molecular flexibility index (Phi) is 4.34. The summed E-state index contributed by atoms with van der Waals surface area (Å²) in [5, 5.41) is 9.58. The number of hydrogen-bond donors (Lipinski definition) is 1. The van der Waals surface area contributed by atoms with Crippen molar-refractivity contribution >= 4 is 0 Å². The molecule has 0 heterocycles. The van der Waals surface area contributed by atoms with Crippen LogP contribution >= 0.6 is 0 Å². The molecule has 15 heavy (non-hydrogen) atoms. The van der Waals surface area contributed by atoms with Gasteiger partial charge in [0.15, 0.2) is 0 Å². The van der Waals surface area contributed by atoms with Crippen molar-refractivity contribution in [3.05, 3.63) is 35.4 Å². The maximum atomic E-state index is 9.58. The largest absolute Gasteiger partial charge is 0.390 e. The summed E-state index contributed by atoms with van der Waals surface area (Å²) in [6, 6.07) is 8.78. The van der Waals surface area contributed by atoms with Crippen LogP contribution < -0.4 is 0 Å². The average molecular weight is 206 g/mol. The van der Waals surface area contributed by atoms with Gasteiger partial charge >= 0.3 is 0 Å². The van der Waals surface area contributed by atoms with E-state index in [-0.39, 0.29) is 0 Å². The molecule has 0 radical (unpaired) electrons. The molecule has 1 aromatic carbocycles. The maximum absolute atomic E-state index is 9.58. The molecule has 0 bridgehead atoms. The van der Waals surface area contributed by atoms with Gasteiger partial charge in [0.25, 0.3) is 0 Å². The molecule has 0 amide bonds. The van der Waals surface area contributed by atoms with E-state index < -0.39 is 5.60 Å². The van der Waals surface area contributed by atoms with Crippen LogP contribution in [0.3, 0.4) is 0 Å². The van der Waals surface area contributed by atoms with E-state index in [0.717, 1.165) is 25.7 Å². The summed E-state index contributed by atoms with van der Waals surface area (Å²) in [5.74, 6) is 0. The topological polar surface area (TPSA) is 20.2 Å². The van der Waals surface area contributed by atoms with Gasteiger partial charge in [0, 0.05) is 0 Å². The zero-order chi connectivity index (χ0) is 11.3. The minimum atomic E-state index is -0.524. The molecule has 1 heteroatoms. The Morgan fingerprint density at radius 3 is 2.07 bits per heavy atom. The van der Waals surface area contributed by atoms with E-state index in [9.17, 15) is 5.11 Å². The second-order valence-corrected chi connectivity index (χ2v) is 4.84. The van der Waals surface area contributed by atoms with Crippen molar-refractivity contribution in [2.24, 2.45) is 0 Å². The second-order valence-electron chi connectivity index (χ2n) is 4.84. The quantitative estimate of drug-likeness (QED) is 0.783. The molecular formula is C14H22O. The second kappa shape index (κ2) is 5.32. The van der Waals surface area contributed by atoms with Crippen molar-refractivity contribution in [1.29, 1.82) is 0 Å². The molecule has 0 saturated carbocycles. The van der Waals surface area contributed by atoms with Gasteiger partial charge in [0.05, 0.1) is 5.60 Å². The van der Waals surface area contributed by atoms with Gasteiger partial charge in [0.1, 0.15) is 0 Å². The number of benzene rings is 1. The Labute approximate surface area is 93.1 Å². The van der Waals surface area contributed by atoms with Gasteiger partial charge in [-0.15, -0.1) is 0 Å². The first-order valence-electron chi connectivity index (χ1n) is 5.81. The molecule has 1 nitrogen and oxygen atoms in total. The molecule has 0 saturated heterocycles. The predicted molar refractivity (Wildman–Crippen MR) is 65.1 cm³/mol. The van der Waals surface area contributed by atoms with Gasteiger partial charge in [0.2, 0.25) is 0 Å². The zero-order valence-corrected chi connectivity index (χ0v) is 10.1. The van der Waals surface area contributed by atoms with E-state index in [4.69, 9.17) is 0 Å². The third kappa shape index (κ3) is 4.98. The van der Waals surface area contributed by atoms with Crippen LogP contribution in [0.5, 0.6) is 0 Å². The summed E-state index contributed by atoms with van der Waals surface area (Å²) in [5.41, 5.74) is 2.24. The summed E-state index contributed by atoms with van der Waals surface area (Å²) in [6.45, 7) is 5.91. The lowest BCUT2D eigenvalue weighted by atomic mass is 9.98. The van der Waals surface area contributed by atoms with Crippen LogP contribution in [-0.4, -0.2) is 10.7 Å². The van der Waals surface area contributed by atoms with Gasteiger partial charge in [-0.05, 0) is 50.7 Å². The minimum Gasteiger partial charge on any atom is -0.390 e. The highest BCUT2D eigenvalue weighted by Crippen LogP contribution is 2.14. The van der Waals surface area contributed by atoms with Gasteiger partial charge in [-0.1, -0.05) is 31.2 Å². The third-order valence-corrected chi connectivity index (χ3v) is 2.69. The molecule has 0 fully saturated rings. The van der Waals surface area contributed by atoms with E-state index in [0.29, 0.717) is 0 Å². The molecule has 1 N–H and O–H groups in total. The number of aryl methyl sites for hydroxylation is 2. The summed E-state index contributed by atoms with van der Waals surface area (Å²) >= 11 is 0. The van der Waals surface area contributed by atoms with Crippen molar-refractivity contribution in [3.63, 3.8) is 0 Å². The summed E-state index contributed by atoms with van der Waals surface area (Å²) in [6.07, 6.45) is 4.08. The van der Waals surface area contributed by atoms with Crippen molar-refractivity contribution in [1.82, 2.24) is 0 Å². The molecule has 0 aliphatic carbocycles. The van der Waals surface area contributed by atoms with Crippen LogP contribution in [0.4, 0.5) is 0 Å². The predicted octanol–water partition coefficient (Wildman–Crippen LogP) is 3.34. The van der Waals surface area contributed by atoms with Crippen LogP contribution in [0, 0.1) is 0 Å². The molecule has 0 atom stereocenters. The zero-order valence-electron chi connectivity index (χ0n) is 10.1. The van der Waals surface area contributed by atoms with Gasteiger partial charge in [-0.3, -0.25) is 0 Å². The first kappa shape index (κ1) is 12.3. The van der Waals surface area contributed by atoms with E-state index in [1.54, 1.807) is 0 Å². The lowest BCUT2D eigenvalue weighted by molar-refractivity contribution is 0.0689. The molecule has 1 rings (SSSR count). The highest BCUT2D eigenvalue weighted by molar-refractivity contribution is 5.22. The van der Waals surface area contributed by atoms with E-state index in [1.165, 1.54) is 11.1 Å². The van der Waals surface area contributed by atoms with Crippen LogP contribution in [0.1, 0.15) is 44.7 Å². The molecule has 84 valence electrons. The Morgan fingerprint density at radius 2 is 1.60 bits per heavy atom.